The number of aryl methyl sites for hydroxylation is 1. The van der Waals surface area contributed by atoms with Crippen LogP contribution in [0.4, 0.5) is 0 Å². The summed E-state index contributed by atoms with van der Waals surface area (Å²) in [6.07, 6.45) is 0.536. The number of rotatable bonds is 7. The number of Topliss-reactive ketones (excluding diaryl/α,β-unsaturated/α-hetero) is 1. The molecule has 0 spiro atoms. The quantitative estimate of drug-likeness (QED) is 0.372. The number of thioether (sulfide) groups is 1. The Balaban J connectivity index is 2.03. The number of ketones is 1. The van der Waals surface area contributed by atoms with Crippen LogP contribution in [0.2, 0.25) is 0 Å². The number of ether oxygens (including phenoxy) is 2. The van der Waals surface area contributed by atoms with E-state index >= 15 is 0 Å². The Morgan fingerprint density at radius 2 is 2.03 bits per heavy atom. The highest BCUT2D eigenvalue weighted by atomic mass is 32.2. The normalized spacial score (nSPS) is 23.4. The standard InChI is InChI=1S/C23H29NO5S2/c1-6-30-10-9-29-23(27)18-14(4)24-15-11-12(2)17(22(26)28-5)21(25)19(15)20(18)16-8-7-13(3)31-16/h7-8,12,17,20,24H,6,9-11H2,1-5H3/t12-,17+,20+/m1/s1. The lowest BCUT2D eigenvalue weighted by molar-refractivity contribution is -0.151. The van der Waals surface area contributed by atoms with E-state index in [2.05, 4.69) is 12.2 Å². The second kappa shape index (κ2) is 10.0. The first kappa shape index (κ1) is 23.6. The lowest BCUT2D eigenvalue weighted by atomic mass is 9.70. The van der Waals surface area contributed by atoms with Gasteiger partial charge in [-0.05, 0) is 44.1 Å². The van der Waals surface area contributed by atoms with Crippen molar-refractivity contribution in [3.63, 3.8) is 0 Å². The van der Waals surface area contributed by atoms with Crippen molar-refractivity contribution in [3.8, 4) is 0 Å². The number of methoxy groups -OCH3 is 1. The lowest BCUT2D eigenvalue weighted by Crippen LogP contribution is -2.43. The van der Waals surface area contributed by atoms with Gasteiger partial charge in [-0.25, -0.2) is 4.79 Å². The van der Waals surface area contributed by atoms with E-state index in [0.717, 1.165) is 27.0 Å². The molecule has 3 rings (SSSR count). The van der Waals surface area contributed by atoms with Crippen molar-refractivity contribution >= 4 is 40.8 Å². The van der Waals surface area contributed by atoms with E-state index in [4.69, 9.17) is 9.47 Å². The molecule has 0 saturated carbocycles. The summed E-state index contributed by atoms with van der Waals surface area (Å²) >= 11 is 3.25. The summed E-state index contributed by atoms with van der Waals surface area (Å²) in [5, 5.41) is 3.28. The topological polar surface area (TPSA) is 81.7 Å². The van der Waals surface area contributed by atoms with Crippen molar-refractivity contribution in [2.45, 2.75) is 40.0 Å². The van der Waals surface area contributed by atoms with Gasteiger partial charge in [0.1, 0.15) is 12.5 Å². The second-order valence-electron chi connectivity index (χ2n) is 7.82. The van der Waals surface area contributed by atoms with Crippen molar-refractivity contribution in [1.82, 2.24) is 5.32 Å². The number of hydrogen-bond donors (Lipinski definition) is 1. The predicted octanol–water partition coefficient (Wildman–Crippen LogP) is 3.97. The minimum Gasteiger partial charge on any atom is -0.468 e. The van der Waals surface area contributed by atoms with Crippen LogP contribution in [0.25, 0.3) is 0 Å². The van der Waals surface area contributed by atoms with Gasteiger partial charge in [-0.2, -0.15) is 11.8 Å². The molecule has 6 nitrogen and oxygen atoms in total. The SMILES string of the molecule is CCSCCOC(=O)C1=C(C)NC2=C(C(=O)[C@@H](C(=O)OC)[C@H](C)C2)[C@H]1c1ccc(C)s1. The molecule has 1 aromatic heterocycles. The Hall–Kier alpha value is -2.06. The van der Waals surface area contributed by atoms with Crippen LogP contribution in [-0.4, -0.2) is 42.9 Å². The third-order valence-electron chi connectivity index (χ3n) is 5.67. The number of carbonyl (C=O) groups excluding carboxylic acids is 3. The number of esters is 2. The molecule has 2 heterocycles. The third-order valence-corrected chi connectivity index (χ3v) is 7.60. The van der Waals surface area contributed by atoms with Crippen LogP contribution in [0, 0.1) is 18.8 Å². The Bertz CT molecular complexity index is 946. The Morgan fingerprint density at radius 3 is 2.65 bits per heavy atom. The van der Waals surface area contributed by atoms with Gasteiger partial charge in [0, 0.05) is 32.5 Å². The molecule has 1 N–H and O–H groups in total. The summed E-state index contributed by atoms with van der Waals surface area (Å²) in [6.45, 7) is 8.08. The van der Waals surface area contributed by atoms with Crippen LogP contribution < -0.4 is 5.32 Å². The number of dihydropyridines is 1. The van der Waals surface area contributed by atoms with Crippen molar-refractivity contribution in [2.24, 2.45) is 11.8 Å². The van der Waals surface area contributed by atoms with Gasteiger partial charge in [0.15, 0.2) is 5.78 Å². The Morgan fingerprint density at radius 1 is 1.29 bits per heavy atom. The molecule has 3 atom stereocenters. The van der Waals surface area contributed by atoms with Gasteiger partial charge in [0.2, 0.25) is 0 Å². The molecule has 2 aliphatic rings. The lowest BCUT2D eigenvalue weighted by Gasteiger charge is -2.37. The molecule has 1 aliphatic heterocycles. The molecule has 1 aliphatic carbocycles. The number of thiophene rings is 1. The van der Waals surface area contributed by atoms with Gasteiger partial charge < -0.3 is 14.8 Å². The summed E-state index contributed by atoms with van der Waals surface area (Å²) in [7, 11) is 1.30. The average Bonchev–Trinajstić information content (AvgIpc) is 3.15. The highest BCUT2D eigenvalue weighted by Gasteiger charge is 2.47. The van der Waals surface area contributed by atoms with E-state index in [9.17, 15) is 14.4 Å². The first-order chi connectivity index (χ1) is 14.8. The molecule has 0 amide bonds. The number of hydrogen-bond acceptors (Lipinski definition) is 8. The molecular weight excluding hydrogens is 434 g/mol. The zero-order valence-corrected chi connectivity index (χ0v) is 20.2. The smallest absolute Gasteiger partial charge is 0.336 e. The van der Waals surface area contributed by atoms with Crippen LogP contribution in [0.5, 0.6) is 0 Å². The predicted molar refractivity (Wildman–Crippen MR) is 123 cm³/mol. The second-order valence-corrected chi connectivity index (χ2v) is 10.5. The molecule has 0 fully saturated rings. The zero-order chi connectivity index (χ0) is 22.7. The van der Waals surface area contributed by atoms with Gasteiger partial charge in [0.25, 0.3) is 0 Å². The molecule has 168 valence electrons. The fraction of sp³-hybridized carbons (Fsp3) is 0.522. The van der Waals surface area contributed by atoms with Gasteiger partial charge in [-0.15, -0.1) is 11.3 Å². The fourth-order valence-electron chi connectivity index (χ4n) is 4.26. The number of carbonyl (C=O) groups is 3. The van der Waals surface area contributed by atoms with Gasteiger partial charge in [-0.3, -0.25) is 9.59 Å². The summed E-state index contributed by atoms with van der Waals surface area (Å²) in [5.41, 5.74) is 2.40. The molecule has 8 heteroatoms. The van der Waals surface area contributed by atoms with E-state index in [1.54, 1.807) is 23.1 Å². The highest BCUT2D eigenvalue weighted by molar-refractivity contribution is 7.99. The largest absolute Gasteiger partial charge is 0.468 e. The van der Waals surface area contributed by atoms with E-state index in [1.807, 2.05) is 32.9 Å². The van der Waals surface area contributed by atoms with E-state index < -0.39 is 23.8 Å². The first-order valence-electron chi connectivity index (χ1n) is 10.4. The Kier molecular flexibility index (Phi) is 7.64. The minimum absolute atomic E-state index is 0.190. The summed E-state index contributed by atoms with van der Waals surface area (Å²) in [5.74, 6) is -1.16. The van der Waals surface area contributed by atoms with Crippen LogP contribution in [-0.2, 0) is 23.9 Å². The summed E-state index contributed by atoms with van der Waals surface area (Å²) in [4.78, 5) is 41.1. The maximum Gasteiger partial charge on any atom is 0.336 e. The molecule has 0 saturated heterocycles. The Labute approximate surface area is 191 Å². The maximum atomic E-state index is 13.6. The number of nitrogens with one attached hydrogen (secondary N) is 1. The molecule has 0 bridgehead atoms. The summed E-state index contributed by atoms with van der Waals surface area (Å²) < 4.78 is 10.5. The van der Waals surface area contributed by atoms with Crippen LogP contribution >= 0.6 is 23.1 Å². The van der Waals surface area contributed by atoms with Crippen LogP contribution in [0.15, 0.2) is 34.7 Å². The van der Waals surface area contributed by atoms with E-state index in [0.29, 0.717) is 29.9 Å². The van der Waals surface area contributed by atoms with Gasteiger partial charge in [-0.1, -0.05) is 13.8 Å². The molecule has 0 unspecified atom stereocenters. The summed E-state index contributed by atoms with van der Waals surface area (Å²) in [6, 6.07) is 3.93. The third kappa shape index (κ3) is 4.75. The minimum atomic E-state index is -0.870. The van der Waals surface area contributed by atoms with Crippen molar-refractivity contribution < 1.29 is 23.9 Å². The number of allylic oxidation sites excluding steroid dienone is 3. The van der Waals surface area contributed by atoms with Crippen molar-refractivity contribution in [2.75, 3.05) is 25.2 Å². The molecule has 0 radical (unpaired) electrons. The highest BCUT2D eigenvalue weighted by Crippen LogP contribution is 2.46. The van der Waals surface area contributed by atoms with Gasteiger partial charge >= 0.3 is 11.9 Å². The van der Waals surface area contributed by atoms with Crippen LogP contribution in [0.1, 0.15) is 42.9 Å². The first-order valence-corrected chi connectivity index (χ1v) is 12.4. The van der Waals surface area contributed by atoms with Crippen LogP contribution in [0.3, 0.4) is 0 Å². The van der Waals surface area contributed by atoms with E-state index in [1.165, 1.54) is 7.11 Å². The zero-order valence-electron chi connectivity index (χ0n) is 18.6. The average molecular weight is 464 g/mol. The molecule has 1 aromatic rings. The van der Waals surface area contributed by atoms with Crippen molar-refractivity contribution in [1.29, 1.82) is 0 Å². The monoisotopic (exact) mass is 463 g/mol. The molecule has 31 heavy (non-hydrogen) atoms. The van der Waals surface area contributed by atoms with Gasteiger partial charge in [0.05, 0.1) is 18.6 Å². The molecular formula is C23H29NO5S2. The van der Waals surface area contributed by atoms with Crippen molar-refractivity contribution in [3.05, 3.63) is 44.4 Å². The fourth-order valence-corrected chi connectivity index (χ4v) is 5.75. The maximum absolute atomic E-state index is 13.6. The molecule has 0 aromatic carbocycles. The van der Waals surface area contributed by atoms with E-state index in [-0.39, 0.29) is 11.7 Å².